The van der Waals surface area contributed by atoms with Crippen LogP contribution in [0.15, 0.2) is 66.7 Å². The van der Waals surface area contributed by atoms with Gasteiger partial charge in [-0.1, -0.05) is 42.5 Å². The molecule has 5 rings (SSSR count). The van der Waals surface area contributed by atoms with Gasteiger partial charge in [0, 0.05) is 43.8 Å². The van der Waals surface area contributed by atoms with E-state index in [0.29, 0.717) is 11.8 Å². The van der Waals surface area contributed by atoms with Gasteiger partial charge in [-0.15, -0.1) is 0 Å². The molecule has 1 atom stereocenters. The molecule has 3 nitrogen and oxygen atoms in total. The van der Waals surface area contributed by atoms with Crippen LogP contribution in [-0.2, 0) is 31.9 Å². The maximum absolute atomic E-state index is 13.4. The number of hydrogen-bond acceptors (Lipinski definition) is 3. The van der Waals surface area contributed by atoms with E-state index in [0.717, 1.165) is 56.7 Å². The molecule has 0 spiro atoms. The van der Waals surface area contributed by atoms with Crippen LogP contribution in [-0.4, -0.2) is 36.0 Å². The van der Waals surface area contributed by atoms with Gasteiger partial charge in [0.25, 0.3) is 0 Å². The van der Waals surface area contributed by atoms with Crippen LogP contribution in [0, 0.1) is 6.42 Å². The lowest BCUT2D eigenvalue weighted by atomic mass is 9.92. The van der Waals surface area contributed by atoms with E-state index in [-0.39, 0.29) is 24.1 Å². The van der Waals surface area contributed by atoms with Crippen molar-refractivity contribution in [1.29, 1.82) is 0 Å². The van der Waals surface area contributed by atoms with Crippen LogP contribution in [0.5, 0.6) is 5.75 Å². The fourth-order valence-corrected chi connectivity index (χ4v) is 5.92. The molecule has 2 aliphatic rings. The van der Waals surface area contributed by atoms with Crippen molar-refractivity contribution in [2.75, 3.05) is 20.2 Å². The zero-order chi connectivity index (χ0) is 28.5. The lowest BCUT2D eigenvalue weighted by Gasteiger charge is -2.41. The number of hydrogen-bond donors (Lipinski definition) is 0. The first-order valence-corrected chi connectivity index (χ1v) is 13.3. The van der Waals surface area contributed by atoms with Crippen molar-refractivity contribution >= 4 is 0 Å². The van der Waals surface area contributed by atoms with E-state index >= 15 is 0 Å². The van der Waals surface area contributed by atoms with Gasteiger partial charge in [-0.3, -0.25) is 9.80 Å². The first-order chi connectivity index (χ1) is 19.0. The summed E-state index contributed by atoms with van der Waals surface area (Å²) in [7, 11) is 1.55. The van der Waals surface area contributed by atoms with Crippen LogP contribution in [0.1, 0.15) is 52.3 Å². The van der Waals surface area contributed by atoms with E-state index in [1.54, 1.807) is 13.5 Å². The highest BCUT2D eigenvalue weighted by atomic mass is 19.4. The van der Waals surface area contributed by atoms with Crippen molar-refractivity contribution in [2.45, 2.75) is 56.8 Å². The third-order valence-corrected chi connectivity index (χ3v) is 7.96. The molecule has 3 aromatic carbocycles. The van der Waals surface area contributed by atoms with Gasteiger partial charge in [0.2, 0.25) is 0 Å². The predicted molar refractivity (Wildman–Crippen MR) is 140 cm³/mol. The van der Waals surface area contributed by atoms with E-state index in [4.69, 9.17) is 4.74 Å². The molecular formula is C31H31F6N2O. The minimum absolute atomic E-state index is 0.0354. The number of para-hydroxylation sites is 1. The number of nitrogens with zero attached hydrogens (tertiary/aromatic N) is 2. The number of methoxy groups -OCH3 is 1. The van der Waals surface area contributed by atoms with Crippen LogP contribution in [0.2, 0.25) is 0 Å². The van der Waals surface area contributed by atoms with Gasteiger partial charge in [-0.05, 0) is 66.6 Å². The van der Waals surface area contributed by atoms with Crippen molar-refractivity contribution in [3.8, 4) is 5.75 Å². The molecule has 0 saturated carbocycles. The maximum Gasteiger partial charge on any atom is 0.416 e. The Morgan fingerprint density at radius 3 is 1.93 bits per heavy atom. The highest BCUT2D eigenvalue weighted by molar-refractivity contribution is 5.39. The second-order valence-corrected chi connectivity index (χ2v) is 10.5. The molecular weight excluding hydrogens is 530 g/mol. The largest absolute Gasteiger partial charge is 0.496 e. The summed E-state index contributed by atoms with van der Waals surface area (Å²) in [6.45, 7) is 3.32. The number of halogens is 6. The SMILES string of the molecule is COc1ccccc1C([CH]Cc1cc(C(F)(F)F)cc(C(F)(F)F)c1)N1CCC(N2Cc3ccccc3C2)CC1. The average Bonchev–Trinajstić information content (AvgIpc) is 3.37. The molecule has 2 aliphatic heterocycles. The number of fused-ring (bicyclic) bond motifs is 1. The molecule has 0 aromatic heterocycles. The summed E-state index contributed by atoms with van der Waals surface area (Å²) >= 11 is 0. The van der Waals surface area contributed by atoms with E-state index in [2.05, 4.69) is 34.1 Å². The molecule has 1 unspecified atom stereocenters. The third kappa shape index (κ3) is 6.31. The van der Waals surface area contributed by atoms with E-state index in [1.165, 1.54) is 11.1 Å². The lowest BCUT2D eigenvalue weighted by molar-refractivity contribution is -0.143. The summed E-state index contributed by atoms with van der Waals surface area (Å²) in [5.41, 5.74) is 0.903. The number of rotatable bonds is 7. The molecule has 1 fully saturated rings. The van der Waals surface area contributed by atoms with Gasteiger partial charge < -0.3 is 4.74 Å². The number of benzene rings is 3. The molecule has 40 heavy (non-hydrogen) atoms. The number of alkyl halides is 6. The fourth-order valence-electron chi connectivity index (χ4n) is 5.92. The average molecular weight is 562 g/mol. The van der Waals surface area contributed by atoms with Crippen molar-refractivity contribution in [3.63, 3.8) is 0 Å². The van der Waals surface area contributed by atoms with Crippen molar-refractivity contribution < 1.29 is 31.1 Å². The van der Waals surface area contributed by atoms with Gasteiger partial charge in [0.05, 0.1) is 18.2 Å². The zero-order valence-electron chi connectivity index (χ0n) is 22.1. The second-order valence-electron chi connectivity index (χ2n) is 10.5. The highest BCUT2D eigenvalue weighted by Crippen LogP contribution is 2.39. The summed E-state index contributed by atoms with van der Waals surface area (Å²) in [4.78, 5) is 4.74. The van der Waals surface area contributed by atoms with Crippen LogP contribution < -0.4 is 4.74 Å². The molecule has 9 heteroatoms. The van der Waals surface area contributed by atoms with E-state index in [9.17, 15) is 26.3 Å². The number of likely N-dealkylation sites (tertiary alicyclic amines) is 1. The Labute approximate surface area is 230 Å². The van der Waals surface area contributed by atoms with E-state index in [1.807, 2.05) is 24.3 Å². The molecule has 2 heterocycles. The predicted octanol–water partition coefficient (Wildman–Crippen LogP) is 7.70. The van der Waals surface area contributed by atoms with Crippen molar-refractivity contribution in [3.05, 3.63) is 107 Å². The minimum atomic E-state index is -4.88. The van der Waals surface area contributed by atoms with Crippen molar-refractivity contribution in [2.24, 2.45) is 0 Å². The summed E-state index contributed by atoms with van der Waals surface area (Å²) in [5, 5.41) is 0. The standard InChI is InChI=1S/C31H31F6N2O/c1-40-29-9-5-4-8-27(29)28(11-10-21-16-24(30(32,33)34)18-25(17-21)31(35,36)37)38-14-12-26(13-15-38)39-19-22-6-2-3-7-23(22)20-39/h2-9,11,16-18,26,28H,10,12-15,19-20H2,1H3. The first kappa shape index (κ1) is 28.5. The third-order valence-electron chi connectivity index (χ3n) is 7.96. The number of piperidine rings is 1. The van der Waals surface area contributed by atoms with Gasteiger partial charge in [0.1, 0.15) is 5.75 Å². The Kier molecular flexibility index (Phi) is 8.15. The normalized spacial score (nSPS) is 18.1. The van der Waals surface area contributed by atoms with E-state index < -0.39 is 23.5 Å². The molecule has 0 bridgehead atoms. The first-order valence-electron chi connectivity index (χ1n) is 13.3. The molecule has 1 radical (unpaired) electrons. The monoisotopic (exact) mass is 561 g/mol. The molecule has 1 saturated heterocycles. The Balaban J connectivity index is 1.35. The quantitative estimate of drug-likeness (QED) is 0.275. The highest BCUT2D eigenvalue weighted by Gasteiger charge is 2.37. The van der Waals surface area contributed by atoms with Crippen molar-refractivity contribution in [1.82, 2.24) is 9.80 Å². The van der Waals surface area contributed by atoms with Gasteiger partial charge >= 0.3 is 12.4 Å². The van der Waals surface area contributed by atoms with Crippen LogP contribution >= 0.6 is 0 Å². The molecule has 0 N–H and O–H groups in total. The summed E-state index contributed by atoms with van der Waals surface area (Å²) < 4.78 is 86.2. The Morgan fingerprint density at radius 1 is 0.825 bits per heavy atom. The Morgan fingerprint density at radius 2 is 1.38 bits per heavy atom. The van der Waals surface area contributed by atoms with Gasteiger partial charge in [0.15, 0.2) is 0 Å². The fraction of sp³-hybridized carbons (Fsp3) is 0.387. The Hall–Kier alpha value is -3.04. The number of ether oxygens (including phenoxy) is 1. The van der Waals surface area contributed by atoms with Crippen LogP contribution in [0.25, 0.3) is 0 Å². The molecule has 213 valence electrons. The molecule has 0 aliphatic carbocycles. The summed E-state index contributed by atoms with van der Waals surface area (Å²) in [6.07, 6.45) is -6.19. The van der Waals surface area contributed by atoms with Gasteiger partial charge in [-0.2, -0.15) is 26.3 Å². The van der Waals surface area contributed by atoms with Crippen LogP contribution in [0.3, 0.4) is 0 Å². The molecule has 3 aromatic rings. The topological polar surface area (TPSA) is 15.7 Å². The maximum atomic E-state index is 13.4. The summed E-state index contributed by atoms with van der Waals surface area (Å²) in [6, 6.07) is 17.7. The Bertz CT molecular complexity index is 1260. The lowest BCUT2D eigenvalue weighted by Crippen LogP contribution is -2.44. The minimum Gasteiger partial charge on any atom is -0.496 e. The zero-order valence-corrected chi connectivity index (χ0v) is 22.1. The summed E-state index contributed by atoms with van der Waals surface area (Å²) in [5.74, 6) is 0.626. The second kappa shape index (κ2) is 11.4. The smallest absolute Gasteiger partial charge is 0.416 e. The molecule has 0 amide bonds. The van der Waals surface area contributed by atoms with Crippen LogP contribution in [0.4, 0.5) is 26.3 Å². The van der Waals surface area contributed by atoms with Gasteiger partial charge in [-0.25, -0.2) is 0 Å².